The van der Waals surface area contributed by atoms with Crippen molar-refractivity contribution >= 4 is 16.8 Å². The summed E-state index contributed by atoms with van der Waals surface area (Å²) in [6.45, 7) is 4.34. The number of fused-ring (bicyclic) bond motifs is 1. The summed E-state index contributed by atoms with van der Waals surface area (Å²) in [5, 5.41) is 11.3. The van der Waals surface area contributed by atoms with Gasteiger partial charge in [-0.15, -0.1) is 0 Å². The van der Waals surface area contributed by atoms with Crippen molar-refractivity contribution < 1.29 is 9.53 Å². The van der Waals surface area contributed by atoms with Crippen LogP contribution in [0.4, 0.5) is 0 Å². The number of ether oxygens (including phenoxy) is 1. The van der Waals surface area contributed by atoms with Crippen LogP contribution in [0.15, 0.2) is 36.7 Å². The van der Waals surface area contributed by atoms with Crippen molar-refractivity contribution in [2.75, 3.05) is 26.3 Å². The molecule has 1 aliphatic heterocycles. The monoisotopic (exact) mass is 405 g/mol. The van der Waals surface area contributed by atoms with Crippen molar-refractivity contribution in [1.29, 1.82) is 0 Å². The Kier molecular flexibility index (Phi) is 5.46. The first-order valence-electron chi connectivity index (χ1n) is 10.8. The van der Waals surface area contributed by atoms with Gasteiger partial charge in [0, 0.05) is 49.0 Å². The van der Waals surface area contributed by atoms with Crippen LogP contribution in [-0.2, 0) is 11.3 Å². The van der Waals surface area contributed by atoms with Gasteiger partial charge in [0.2, 0.25) is 0 Å². The lowest BCUT2D eigenvalue weighted by Crippen LogP contribution is -2.35. The van der Waals surface area contributed by atoms with Crippen molar-refractivity contribution in [2.24, 2.45) is 0 Å². The van der Waals surface area contributed by atoms with Crippen LogP contribution in [0, 0.1) is 0 Å². The topological polar surface area (TPSA) is 83.1 Å². The molecule has 0 atom stereocenters. The van der Waals surface area contributed by atoms with Gasteiger partial charge in [0.15, 0.2) is 5.69 Å². The minimum absolute atomic E-state index is 0.0931. The number of nitrogens with one attached hydrogen (secondary N) is 2. The van der Waals surface area contributed by atoms with Crippen molar-refractivity contribution in [1.82, 2.24) is 25.4 Å². The molecule has 1 aromatic carbocycles. The van der Waals surface area contributed by atoms with E-state index in [0.29, 0.717) is 5.69 Å². The Labute approximate surface area is 175 Å². The molecular formula is C23H27N5O2. The van der Waals surface area contributed by atoms with Crippen molar-refractivity contribution in [3.63, 3.8) is 0 Å². The molecule has 0 unspecified atom stereocenters. The number of aromatic amines is 1. The molecule has 7 nitrogen and oxygen atoms in total. The first-order chi connectivity index (χ1) is 14.8. The predicted octanol–water partition coefficient (Wildman–Crippen LogP) is 3.13. The molecule has 5 rings (SSSR count). The van der Waals surface area contributed by atoms with E-state index in [1.54, 1.807) is 0 Å². The maximum Gasteiger partial charge on any atom is 0.272 e. The summed E-state index contributed by atoms with van der Waals surface area (Å²) in [6, 6.07) is 8.53. The number of pyridine rings is 1. The molecule has 3 aromatic rings. The Morgan fingerprint density at radius 1 is 1.13 bits per heavy atom. The van der Waals surface area contributed by atoms with Crippen molar-refractivity contribution in [2.45, 2.75) is 38.3 Å². The Hall–Kier alpha value is -2.77. The number of aromatic nitrogens is 3. The van der Waals surface area contributed by atoms with Gasteiger partial charge in [-0.2, -0.15) is 5.10 Å². The number of hydrogen-bond donors (Lipinski definition) is 2. The van der Waals surface area contributed by atoms with E-state index in [1.165, 1.54) is 18.4 Å². The maximum atomic E-state index is 12.8. The van der Waals surface area contributed by atoms with E-state index < -0.39 is 0 Å². The van der Waals surface area contributed by atoms with E-state index in [-0.39, 0.29) is 11.9 Å². The number of rotatable bonds is 5. The van der Waals surface area contributed by atoms with Gasteiger partial charge in [-0.25, -0.2) is 0 Å². The molecule has 2 aliphatic rings. The SMILES string of the molecule is O=C(NC1CCCC1)c1n[nH]c2ccc(-c3cncc(CN4CCOCC4)c3)cc12. The molecule has 2 aromatic heterocycles. The maximum absolute atomic E-state index is 12.8. The van der Waals surface area contributed by atoms with Crippen LogP contribution in [0.2, 0.25) is 0 Å². The zero-order valence-corrected chi connectivity index (χ0v) is 17.1. The molecule has 7 heteroatoms. The van der Waals surface area contributed by atoms with Crippen LogP contribution < -0.4 is 5.32 Å². The van der Waals surface area contributed by atoms with Gasteiger partial charge in [-0.1, -0.05) is 18.9 Å². The molecule has 30 heavy (non-hydrogen) atoms. The third kappa shape index (κ3) is 4.08. The summed E-state index contributed by atoms with van der Waals surface area (Å²) >= 11 is 0. The van der Waals surface area contributed by atoms with Gasteiger partial charge in [0.25, 0.3) is 5.91 Å². The van der Waals surface area contributed by atoms with Crippen molar-refractivity contribution in [3.8, 4) is 11.1 Å². The lowest BCUT2D eigenvalue weighted by molar-refractivity contribution is 0.0341. The van der Waals surface area contributed by atoms with Gasteiger partial charge in [-0.3, -0.25) is 19.8 Å². The van der Waals surface area contributed by atoms with E-state index in [0.717, 1.165) is 67.7 Å². The molecule has 3 heterocycles. The van der Waals surface area contributed by atoms with E-state index in [4.69, 9.17) is 4.74 Å². The molecule has 1 saturated carbocycles. The standard InChI is InChI=1S/C23H27N5O2/c29-23(25-19-3-1-2-4-19)22-20-12-17(5-6-21(20)26-27-22)18-11-16(13-24-14-18)15-28-7-9-30-10-8-28/h5-6,11-14,19H,1-4,7-10,15H2,(H,25,29)(H,26,27). The molecule has 1 aliphatic carbocycles. The summed E-state index contributed by atoms with van der Waals surface area (Å²) in [4.78, 5) is 19.6. The normalized spacial score (nSPS) is 18.1. The Morgan fingerprint density at radius 2 is 1.97 bits per heavy atom. The Bertz CT molecular complexity index is 1040. The Balaban J connectivity index is 1.39. The number of carbonyl (C=O) groups is 1. The average Bonchev–Trinajstić information content (AvgIpc) is 3.44. The van der Waals surface area contributed by atoms with E-state index in [2.05, 4.69) is 37.5 Å². The van der Waals surface area contributed by atoms with Crippen LogP contribution in [0.25, 0.3) is 22.0 Å². The van der Waals surface area contributed by atoms with Crippen LogP contribution in [0.1, 0.15) is 41.7 Å². The van der Waals surface area contributed by atoms with E-state index >= 15 is 0 Å². The highest BCUT2D eigenvalue weighted by molar-refractivity contribution is 6.05. The molecule has 1 amide bonds. The lowest BCUT2D eigenvalue weighted by Gasteiger charge is -2.26. The quantitative estimate of drug-likeness (QED) is 0.681. The number of H-pyrrole nitrogens is 1. The largest absolute Gasteiger partial charge is 0.379 e. The highest BCUT2D eigenvalue weighted by atomic mass is 16.5. The van der Waals surface area contributed by atoms with Gasteiger partial charge in [0.1, 0.15) is 0 Å². The highest BCUT2D eigenvalue weighted by Gasteiger charge is 2.21. The molecule has 156 valence electrons. The number of carbonyl (C=O) groups excluding carboxylic acids is 1. The van der Waals surface area contributed by atoms with E-state index in [9.17, 15) is 4.79 Å². The average molecular weight is 406 g/mol. The molecular weight excluding hydrogens is 378 g/mol. The third-order valence-electron chi connectivity index (χ3n) is 6.11. The molecule has 0 spiro atoms. The molecule has 0 bridgehead atoms. The van der Waals surface area contributed by atoms with Gasteiger partial charge in [-0.05, 0) is 42.2 Å². The molecule has 0 radical (unpaired) electrons. The number of amides is 1. The summed E-state index contributed by atoms with van der Waals surface area (Å²) in [6.07, 6.45) is 8.29. The molecule has 1 saturated heterocycles. The van der Waals surface area contributed by atoms with E-state index in [1.807, 2.05) is 24.5 Å². The second kappa shape index (κ2) is 8.53. The van der Waals surface area contributed by atoms with Crippen molar-refractivity contribution in [3.05, 3.63) is 47.9 Å². The smallest absolute Gasteiger partial charge is 0.272 e. The minimum Gasteiger partial charge on any atom is -0.379 e. The van der Waals surface area contributed by atoms with Crippen LogP contribution >= 0.6 is 0 Å². The predicted molar refractivity (Wildman–Crippen MR) is 115 cm³/mol. The number of benzene rings is 1. The fraction of sp³-hybridized carbons (Fsp3) is 0.435. The van der Waals surface area contributed by atoms with Gasteiger partial charge in [0.05, 0.1) is 18.7 Å². The van der Waals surface area contributed by atoms with Crippen LogP contribution in [0.3, 0.4) is 0 Å². The number of morpholine rings is 1. The second-order valence-corrected chi connectivity index (χ2v) is 8.26. The summed E-state index contributed by atoms with van der Waals surface area (Å²) in [7, 11) is 0. The summed E-state index contributed by atoms with van der Waals surface area (Å²) < 4.78 is 5.44. The third-order valence-corrected chi connectivity index (χ3v) is 6.11. The summed E-state index contributed by atoms with van der Waals surface area (Å²) in [5.74, 6) is -0.0931. The first-order valence-corrected chi connectivity index (χ1v) is 10.8. The van der Waals surface area contributed by atoms with Crippen LogP contribution in [-0.4, -0.2) is 58.3 Å². The minimum atomic E-state index is -0.0931. The highest BCUT2D eigenvalue weighted by Crippen LogP contribution is 2.26. The second-order valence-electron chi connectivity index (χ2n) is 8.26. The zero-order chi connectivity index (χ0) is 20.3. The van der Waals surface area contributed by atoms with Gasteiger partial charge >= 0.3 is 0 Å². The fourth-order valence-electron chi connectivity index (χ4n) is 4.44. The van der Waals surface area contributed by atoms with Crippen LogP contribution in [0.5, 0.6) is 0 Å². The number of hydrogen-bond acceptors (Lipinski definition) is 5. The number of nitrogens with zero attached hydrogens (tertiary/aromatic N) is 3. The fourth-order valence-corrected chi connectivity index (χ4v) is 4.44. The molecule has 2 N–H and O–H groups in total. The Morgan fingerprint density at radius 3 is 2.80 bits per heavy atom. The van der Waals surface area contributed by atoms with Gasteiger partial charge < -0.3 is 10.1 Å². The first kappa shape index (κ1) is 19.2. The zero-order valence-electron chi connectivity index (χ0n) is 17.1. The lowest BCUT2D eigenvalue weighted by atomic mass is 10.0. The summed E-state index contributed by atoms with van der Waals surface area (Å²) in [5.41, 5.74) is 4.60. The molecule has 2 fully saturated rings.